The number of ether oxygens (including phenoxy) is 1. The molecule has 3 rings (SSSR count). The quantitative estimate of drug-likeness (QED) is 0.937. The minimum Gasteiger partial charge on any atom is -0.493 e. The van der Waals surface area contributed by atoms with Gasteiger partial charge in [-0.2, -0.15) is 0 Å². The van der Waals surface area contributed by atoms with Crippen LogP contribution in [0.5, 0.6) is 5.75 Å². The lowest BCUT2D eigenvalue weighted by Gasteiger charge is -2.20. The van der Waals surface area contributed by atoms with Crippen LogP contribution >= 0.6 is 0 Å². The van der Waals surface area contributed by atoms with E-state index in [-0.39, 0.29) is 0 Å². The van der Waals surface area contributed by atoms with E-state index in [0.717, 1.165) is 48.8 Å². The summed E-state index contributed by atoms with van der Waals surface area (Å²) in [6.45, 7) is 6.63. The van der Waals surface area contributed by atoms with E-state index in [9.17, 15) is 0 Å². The van der Waals surface area contributed by atoms with E-state index in [1.807, 2.05) is 31.2 Å². The van der Waals surface area contributed by atoms with Gasteiger partial charge in [-0.25, -0.2) is 9.97 Å². The van der Waals surface area contributed by atoms with Crippen molar-refractivity contribution >= 4 is 0 Å². The number of rotatable bonds is 4. The zero-order valence-corrected chi connectivity index (χ0v) is 12.6. The van der Waals surface area contributed by atoms with Gasteiger partial charge in [0.1, 0.15) is 5.75 Å². The molecule has 1 aromatic carbocycles. The molecular weight excluding hydrogens is 262 g/mol. The topological polar surface area (TPSA) is 47.0 Å². The summed E-state index contributed by atoms with van der Waals surface area (Å²) in [5.74, 6) is 1.63. The first-order valence-electron chi connectivity index (χ1n) is 7.65. The lowest BCUT2D eigenvalue weighted by molar-refractivity contribution is 0.341. The minimum atomic E-state index is 0.643. The number of para-hydroxylation sites is 1. The monoisotopic (exact) mass is 283 g/mol. The highest BCUT2D eigenvalue weighted by Crippen LogP contribution is 2.29. The van der Waals surface area contributed by atoms with Crippen LogP contribution < -0.4 is 10.1 Å². The van der Waals surface area contributed by atoms with Crippen LogP contribution in [0.4, 0.5) is 0 Å². The van der Waals surface area contributed by atoms with Crippen molar-refractivity contribution in [2.24, 2.45) is 0 Å². The molecule has 4 heteroatoms. The van der Waals surface area contributed by atoms with Gasteiger partial charge in [0.25, 0.3) is 0 Å². The van der Waals surface area contributed by atoms with Gasteiger partial charge < -0.3 is 10.1 Å². The van der Waals surface area contributed by atoms with Crippen LogP contribution in [0, 0.1) is 0 Å². The highest BCUT2D eigenvalue weighted by molar-refractivity contribution is 5.64. The van der Waals surface area contributed by atoms with Crippen molar-refractivity contribution in [3.63, 3.8) is 0 Å². The zero-order chi connectivity index (χ0) is 14.7. The Morgan fingerprint density at radius 1 is 1.19 bits per heavy atom. The van der Waals surface area contributed by atoms with E-state index in [1.165, 1.54) is 11.3 Å². The van der Waals surface area contributed by atoms with Crippen LogP contribution in [-0.2, 0) is 19.4 Å². The first-order chi connectivity index (χ1) is 10.3. The lowest BCUT2D eigenvalue weighted by Crippen LogP contribution is -2.26. The van der Waals surface area contributed by atoms with Crippen molar-refractivity contribution in [2.75, 3.05) is 13.2 Å². The summed E-state index contributed by atoms with van der Waals surface area (Å²) >= 11 is 0. The second-order valence-electron chi connectivity index (χ2n) is 5.13. The SMILES string of the molecule is CCOc1ccccc1-c1nc(CC)c2c(n1)CNCC2. The maximum atomic E-state index is 5.71. The zero-order valence-electron chi connectivity index (χ0n) is 12.6. The van der Waals surface area contributed by atoms with E-state index in [4.69, 9.17) is 14.7 Å². The van der Waals surface area contributed by atoms with E-state index < -0.39 is 0 Å². The Labute approximate surface area is 125 Å². The van der Waals surface area contributed by atoms with Crippen LogP contribution in [-0.4, -0.2) is 23.1 Å². The van der Waals surface area contributed by atoms with Crippen molar-refractivity contribution in [2.45, 2.75) is 33.2 Å². The number of aryl methyl sites for hydroxylation is 1. The molecule has 4 nitrogen and oxygen atoms in total. The van der Waals surface area contributed by atoms with E-state index >= 15 is 0 Å². The number of hydrogen-bond donors (Lipinski definition) is 1. The number of hydrogen-bond acceptors (Lipinski definition) is 4. The molecule has 2 aromatic rings. The molecule has 1 aromatic heterocycles. The van der Waals surface area contributed by atoms with Crippen molar-refractivity contribution < 1.29 is 4.74 Å². The predicted octanol–water partition coefficient (Wildman–Crippen LogP) is 2.75. The standard InChI is InChI=1S/C17H21N3O/c1-3-14-12-9-10-18-11-15(12)20-17(19-14)13-7-5-6-8-16(13)21-4-2/h5-8,18H,3-4,9-11H2,1-2H3. The highest BCUT2D eigenvalue weighted by atomic mass is 16.5. The fraction of sp³-hybridized carbons (Fsp3) is 0.412. The lowest BCUT2D eigenvalue weighted by atomic mass is 10.0. The molecule has 1 aliphatic heterocycles. The Kier molecular flexibility index (Phi) is 4.15. The molecule has 0 atom stereocenters. The smallest absolute Gasteiger partial charge is 0.163 e. The molecule has 2 heterocycles. The highest BCUT2D eigenvalue weighted by Gasteiger charge is 2.18. The average Bonchev–Trinajstić information content (AvgIpc) is 2.54. The molecule has 0 saturated carbocycles. The molecule has 0 saturated heterocycles. The van der Waals surface area contributed by atoms with Crippen LogP contribution in [0.25, 0.3) is 11.4 Å². The molecule has 0 spiro atoms. The summed E-state index contributed by atoms with van der Waals surface area (Å²) < 4.78 is 5.71. The van der Waals surface area contributed by atoms with E-state index in [1.54, 1.807) is 0 Å². The summed E-state index contributed by atoms with van der Waals surface area (Å²) in [4.78, 5) is 9.58. The predicted molar refractivity (Wildman–Crippen MR) is 83.4 cm³/mol. The summed E-state index contributed by atoms with van der Waals surface area (Å²) in [6.07, 6.45) is 1.96. The van der Waals surface area contributed by atoms with Crippen LogP contribution in [0.15, 0.2) is 24.3 Å². The first kappa shape index (κ1) is 14.0. The Morgan fingerprint density at radius 3 is 2.86 bits per heavy atom. The number of nitrogens with zero attached hydrogens (tertiary/aromatic N) is 2. The van der Waals surface area contributed by atoms with Gasteiger partial charge in [0, 0.05) is 12.2 Å². The molecule has 0 unspecified atom stereocenters. The normalized spacial score (nSPS) is 13.8. The molecule has 0 aliphatic carbocycles. The summed E-state index contributed by atoms with van der Waals surface area (Å²) in [5.41, 5.74) is 4.61. The summed E-state index contributed by atoms with van der Waals surface area (Å²) in [6, 6.07) is 7.99. The fourth-order valence-corrected chi connectivity index (χ4v) is 2.78. The molecule has 0 amide bonds. The third kappa shape index (κ3) is 2.76. The Morgan fingerprint density at radius 2 is 2.05 bits per heavy atom. The van der Waals surface area contributed by atoms with Gasteiger partial charge in [0.05, 0.1) is 17.9 Å². The van der Waals surface area contributed by atoms with Gasteiger partial charge in [0.2, 0.25) is 0 Å². The van der Waals surface area contributed by atoms with E-state index in [0.29, 0.717) is 6.61 Å². The van der Waals surface area contributed by atoms with Crippen LogP contribution in [0.1, 0.15) is 30.8 Å². The number of aromatic nitrogens is 2. The fourth-order valence-electron chi connectivity index (χ4n) is 2.78. The largest absolute Gasteiger partial charge is 0.493 e. The van der Waals surface area contributed by atoms with Gasteiger partial charge in [-0.15, -0.1) is 0 Å². The maximum absolute atomic E-state index is 5.71. The summed E-state index contributed by atoms with van der Waals surface area (Å²) in [7, 11) is 0. The molecule has 1 aliphatic rings. The van der Waals surface area contributed by atoms with Crippen molar-refractivity contribution in [3.8, 4) is 17.1 Å². The van der Waals surface area contributed by atoms with Gasteiger partial charge in [0.15, 0.2) is 5.82 Å². The molecular formula is C17H21N3O. The van der Waals surface area contributed by atoms with E-state index in [2.05, 4.69) is 12.2 Å². The van der Waals surface area contributed by atoms with Gasteiger partial charge >= 0.3 is 0 Å². The molecule has 0 bridgehead atoms. The second kappa shape index (κ2) is 6.22. The molecule has 0 fully saturated rings. The molecule has 110 valence electrons. The maximum Gasteiger partial charge on any atom is 0.163 e. The van der Waals surface area contributed by atoms with Crippen molar-refractivity contribution in [1.82, 2.24) is 15.3 Å². The minimum absolute atomic E-state index is 0.643. The van der Waals surface area contributed by atoms with Crippen molar-refractivity contribution in [3.05, 3.63) is 41.2 Å². The summed E-state index contributed by atoms with van der Waals surface area (Å²) in [5, 5.41) is 3.39. The van der Waals surface area contributed by atoms with Crippen LogP contribution in [0.2, 0.25) is 0 Å². The van der Waals surface area contributed by atoms with Gasteiger partial charge in [-0.3, -0.25) is 0 Å². The van der Waals surface area contributed by atoms with Gasteiger partial charge in [-0.05, 0) is 44.0 Å². The Hall–Kier alpha value is -1.94. The third-order valence-electron chi connectivity index (χ3n) is 3.79. The van der Waals surface area contributed by atoms with Gasteiger partial charge in [-0.1, -0.05) is 19.1 Å². The second-order valence-corrected chi connectivity index (χ2v) is 5.13. The van der Waals surface area contributed by atoms with Crippen LogP contribution in [0.3, 0.4) is 0 Å². The average molecular weight is 283 g/mol. The number of fused-ring (bicyclic) bond motifs is 1. The molecule has 1 N–H and O–H groups in total. The Balaban J connectivity index is 2.10. The Bertz CT molecular complexity index is 623. The number of nitrogens with one attached hydrogen (secondary N) is 1. The molecule has 0 radical (unpaired) electrons. The molecule has 21 heavy (non-hydrogen) atoms. The number of benzene rings is 1. The van der Waals surface area contributed by atoms with Crippen molar-refractivity contribution in [1.29, 1.82) is 0 Å². The third-order valence-corrected chi connectivity index (χ3v) is 3.79. The first-order valence-corrected chi connectivity index (χ1v) is 7.65.